The Morgan fingerprint density at radius 3 is 2.59 bits per heavy atom. The van der Waals surface area contributed by atoms with Crippen LogP contribution < -0.4 is 10.1 Å². The summed E-state index contributed by atoms with van der Waals surface area (Å²) in [5, 5.41) is 4.29. The van der Waals surface area contributed by atoms with E-state index in [4.69, 9.17) is 27.9 Å². The highest BCUT2D eigenvalue weighted by molar-refractivity contribution is 6.42. The molecule has 0 aliphatic heterocycles. The van der Waals surface area contributed by atoms with Crippen LogP contribution in [0.3, 0.4) is 0 Å². The Hall–Kier alpha value is -0.440. The maximum Gasteiger partial charge on any atom is 0.121 e. The third-order valence-corrected chi connectivity index (χ3v) is 4.06. The molecule has 1 saturated carbocycles. The van der Waals surface area contributed by atoms with Crippen molar-refractivity contribution in [1.29, 1.82) is 0 Å². The van der Waals surface area contributed by atoms with Crippen LogP contribution in [0.1, 0.15) is 25.7 Å². The van der Waals surface area contributed by atoms with Crippen molar-refractivity contribution in [3.05, 3.63) is 28.2 Å². The van der Waals surface area contributed by atoms with Gasteiger partial charge in [-0.25, -0.2) is 0 Å². The van der Waals surface area contributed by atoms with Crippen molar-refractivity contribution in [3.63, 3.8) is 0 Å². The lowest BCUT2D eigenvalue weighted by atomic mass is 9.77. The van der Waals surface area contributed by atoms with Gasteiger partial charge in [-0.05, 0) is 51.4 Å². The van der Waals surface area contributed by atoms with Crippen LogP contribution in [0.25, 0.3) is 0 Å². The zero-order valence-electron chi connectivity index (χ0n) is 9.93. The van der Waals surface area contributed by atoms with E-state index in [2.05, 4.69) is 5.32 Å². The summed E-state index contributed by atoms with van der Waals surface area (Å²) in [5.41, 5.74) is 0.000167. The van der Waals surface area contributed by atoms with Crippen molar-refractivity contribution < 1.29 is 4.74 Å². The standard InChI is InChI=1S/C13H17Cl2NO/c1-16-8-7-13(5-2-6-13)17-10-3-4-11(14)12(15)9-10/h3-4,9,16H,2,5-8H2,1H3. The third-order valence-electron chi connectivity index (χ3n) is 3.32. The van der Waals surface area contributed by atoms with E-state index in [0.717, 1.165) is 31.6 Å². The Bertz CT molecular complexity index is 391. The van der Waals surface area contributed by atoms with Gasteiger partial charge in [0.25, 0.3) is 0 Å². The molecule has 2 rings (SSSR count). The molecule has 1 aliphatic rings. The van der Waals surface area contributed by atoms with Crippen LogP contribution in [0.2, 0.25) is 10.0 Å². The molecule has 1 aliphatic carbocycles. The lowest BCUT2D eigenvalue weighted by Crippen LogP contribution is -2.45. The molecule has 2 nitrogen and oxygen atoms in total. The van der Waals surface area contributed by atoms with Gasteiger partial charge in [0.05, 0.1) is 10.0 Å². The van der Waals surface area contributed by atoms with Crippen LogP contribution in [0.5, 0.6) is 5.75 Å². The molecule has 0 atom stereocenters. The summed E-state index contributed by atoms with van der Waals surface area (Å²) >= 11 is 11.9. The van der Waals surface area contributed by atoms with Crippen molar-refractivity contribution >= 4 is 23.2 Å². The summed E-state index contributed by atoms with van der Waals surface area (Å²) in [5.74, 6) is 0.815. The number of hydrogen-bond donors (Lipinski definition) is 1. The quantitative estimate of drug-likeness (QED) is 0.879. The summed E-state index contributed by atoms with van der Waals surface area (Å²) < 4.78 is 6.09. The Kier molecular flexibility index (Phi) is 4.18. The molecule has 17 heavy (non-hydrogen) atoms. The van der Waals surface area contributed by atoms with E-state index >= 15 is 0 Å². The summed E-state index contributed by atoms with van der Waals surface area (Å²) in [4.78, 5) is 0. The van der Waals surface area contributed by atoms with Crippen molar-refractivity contribution in [3.8, 4) is 5.75 Å². The van der Waals surface area contributed by atoms with Crippen LogP contribution in [0, 0.1) is 0 Å². The number of benzene rings is 1. The largest absolute Gasteiger partial charge is 0.487 e. The molecule has 0 amide bonds. The second kappa shape index (κ2) is 5.47. The number of ether oxygens (including phenoxy) is 1. The fourth-order valence-corrected chi connectivity index (χ4v) is 2.41. The van der Waals surface area contributed by atoms with E-state index in [1.54, 1.807) is 12.1 Å². The first-order valence-corrected chi connectivity index (χ1v) is 6.69. The van der Waals surface area contributed by atoms with Gasteiger partial charge in [0, 0.05) is 6.07 Å². The Balaban J connectivity index is 2.05. The van der Waals surface area contributed by atoms with E-state index in [9.17, 15) is 0 Å². The number of nitrogens with one attached hydrogen (secondary N) is 1. The SMILES string of the molecule is CNCCC1(Oc2ccc(Cl)c(Cl)c2)CCC1. The number of halogens is 2. The molecule has 0 bridgehead atoms. The second-order valence-corrected chi connectivity index (χ2v) is 5.38. The van der Waals surface area contributed by atoms with Crippen molar-refractivity contribution in [2.45, 2.75) is 31.3 Å². The predicted molar refractivity (Wildman–Crippen MR) is 72.2 cm³/mol. The van der Waals surface area contributed by atoms with Gasteiger partial charge in [0.1, 0.15) is 11.4 Å². The van der Waals surface area contributed by atoms with Crippen LogP contribution in [0.15, 0.2) is 18.2 Å². The van der Waals surface area contributed by atoms with Gasteiger partial charge in [-0.15, -0.1) is 0 Å². The predicted octanol–water partition coefficient (Wildman–Crippen LogP) is 3.90. The molecule has 4 heteroatoms. The molecule has 0 spiro atoms. The molecule has 0 heterocycles. The molecule has 1 fully saturated rings. The zero-order chi connectivity index (χ0) is 12.3. The van der Waals surface area contributed by atoms with Gasteiger partial charge in [-0.2, -0.15) is 0 Å². The van der Waals surface area contributed by atoms with Crippen LogP contribution in [-0.4, -0.2) is 19.2 Å². The molecular weight excluding hydrogens is 257 g/mol. The summed E-state index contributed by atoms with van der Waals surface area (Å²) in [6, 6.07) is 5.46. The molecule has 1 aromatic carbocycles. The van der Waals surface area contributed by atoms with Crippen LogP contribution >= 0.6 is 23.2 Å². The van der Waals surface area contributed by atoms with Crippen molar-refractivity contribution in [2.75, 3.05) is 13.6 Å². The molecule has 0 aromatic heterocycles. The monoisotopic (exact) mass is 273 g/mol. The van der Waals surface area contributed by atoms with E-state index in [0.29, 0.717) is 10.0 Å². The van der Waals surface area contributed by atoms with Gasteiger partial charge in [-0.1, -0.05) is 23.2 Å². The highest BCUT2D eigenvalue weighted by Crippen LogP contribution is 2.40. The number of hydrogen-bond acceptors (Lipinski definition) is 2. The first-order chi connectivity index (χ1) is 8.15. The van der Waals surface area contributed by atoms with E-state index in [1.165, 1.54) is 6.42 Å². The summed E-state index contributed by atoms with van der Waals surface area (Å²) in [7, 11) is 1.96. The topological polar surface area (TPSA) is 21.3 Å². The Morgan fingerprint density at radius 1 is 1.29 bits per heavy atom. The van der Waals surface area contributed by atoms with Gasteiger partial charge in [0.2, 0.25) is 0 Å². The molecule has 94 valence electrons. The zero-order valence-corrected chi connectivity index (χ0v) is 11.4. The smallest absolute Gasteiger partial charge is 0.121 e. The lowest BCUT2D eigenvalue weighted by Gasteiger charge is -2.42. The maximum absolute atomic E-state index is 6.09. The van der Waals surface area contributed by atoms with E-state index in [-0.39, 0.29) is 5.60 Å². The Labute approximate surface area is 112 Å². The highest BCUT2D eigenvalue weighted by atomic mass is 35.5. The summed E-state index contributed by atoms with van der Waals surface area (Å²) in [6.07, 6.45) is 4.51. The molecule has 1 aromatic rings. The van der Waals surface area contributed by atoms with Crippen molar-refractivity contribution in [1.82, 2.24) is 5.32 Å². The van der Waals surface area contributed by atoms with Gasteiger partial charge in [-0.3, -0.25) is 0 Å². The first kappa shape index (κ1) is 13.0. The lowest BCUT2D eigenvalue weighted by molar-refractivity contribution is -0.0138. The average molecular weight is 274 g/mol. The minimum atomic E-state index is 0.000167. The van der Waals surface area contributed by atoms with Gasteiger partial charge in [0.15, 0.2) is 0 Å². The molecular formula is C13H17Cl2NO. The average Bonchev–Trinajstić information content (AvgIpc) is 2.27. The van der Waals surface area contributed by atoms with E-state index < -0.39 is 0 Å². The minimum absolute atomic E-state index is 0.000167. The van der Waals surface area contributed by atoms with E-state index in [1.807, 2.05) is 13.1 Å². The van der Waals surface area contributed by atoms with Crippen LogP contribution in [-0.2, 0) is 0 Å². The fraction of sp³-hybridized carbons (Fsp3) is 0.538. The molecule has 1 N–H and O–H groups in total. The summed E-state index contributed by atoms with van der Waals surface area (Å²) in [6.45, 7) is 0.974. The molecule has 0 radical (unpaired) electrons. The Morgan fingerprint density at radius 2 is 2.06 bits per heavy atom. The second-order valence-electron chi connectivity index (χ2n) is 4.57. The first-order valence-electron chi connectivity index (χ1n) is 5.94. The molecule has 0 unspecified atom stereocenters. The number of rotatable bonds is 5. The van der Waals surface area contributed by atoms with Gasteiger partial charge < -0.3 is 10.1 Å². The van der Waals surface area contributed by atoms with Gasteiger partial charge >= 0.3 is 0 Å². The fourth-order valence-electron chi connectivity index (χ4n) is 2.12. The van der Waals surface area contributed by atoms with Crippen LogP contribution in [0.4, 0.5) is 0 Å². The normalized spacial score (nSPS) is 17.6. The highest BCUT2D eigenvalue weighted by Gasteiger charge is 2.38. The third kappa shape index (κ3) is 3.06. The van der Waals surface area contributed by atoms with Crippen molar-refractivity contribution in [2.24, 2.45) is 0 Å². The minimum Gasteiger partial charge on any atom is -0.487 e. The molecule has 0 saturated heterocycles. The maximum atomic E-state index is 6.09.